The van der Waals surface area contributed by atoms with Crippen molar-refractivity contribution < 1.29 is 14.7 Å². The van der Waals surface area contributed by atoms with Gasteiger partial charge in [0.15, 0.2) is 0 Å². The van der Waals surface area contributed by atoms with Gasteiger partial charge < -0.3 is 10.0 Å². The van der Waals surface area contributed by atoms with Crippen LogP contribution in [0, 0.1) is 0 Å². The van der Waals surface area contributed by atoms with Gasteiger partial charge in [0, 0.05) is 21.3 Å². The lowest BCUT2D eigenvalue weighted by Gasteiger charge is -2.18. The van der Waals surface area contributed by atoms with Crippen LogP contribution < -0.4 is 0 Å². The number of halogens is 1. The van der Waals surface area contributed by atoms with E-state index in [2.05, 4.69) is 20.9 Å². The fraction of sp³-hybridized carbons (Fsp3) is 0.308. The molecule has 1 amide bonds. The maximum absolute atomic E-state index is 12.4. The topological polar surface area (TPSA) is 70.5 Å². The Bertz CT molecular complexity index is 693. The number of hydrogen-bond donors (Lipinski definition) is 1. The quantitative estimate of drug-likeness (QED) is 0.855. The van der Waals surface area contributed by atoms with Gasteiger partial charge in [-0.25, -0.2) is 4.98 Å². The van der Waals surface area contributed by atoms with E-state index in [0.29, 0.717) is 5.69 Å². The molecule has 3 rings (SSSR count). The first-order valence-corrected chi connectivity index (χ1v) is 8.82. The Morgan fingerprint density at radius 2 is 2.14 bits per heavy atom. The van der Waals surface area contributed by atoms with Gasteiger partial charge in [0.1, 0.15) is 17.2 Å². The first-order valence-electron chi connectivity index (χ1n) is 6.27. The molecule has 8 heteroatoms. The van der Waals surface area contributed by atoms with E-state index >= 15 is 0 Å². The third kappa shape index (κ3) is 3.33. The van der Waals surface area contributed by atoms with Gasteiger partial charge in [-0.05, 0) is 34.8 Å². The van der Waals surface area contributed by atoms with Crippen molar-refractivity contribution in [1.29, 1.82) is 0 Å². The Labute approximate surface area is 137 Å². The number of aliphatic carboxylic acids is 1. The molecule has 2 heterocycles. The van der Waals surface area contributed by atoms with E-state index < -0.39 is 5.97 Å². The Kier molecular flexibility index (Phi) is 4.10. The Balaban J connectivity index is 1.81. The summed E-state index contributed by atoms with van der Waals surface area (Å²) in [6, 6.07) is 2.00. The predicted molar refractivity (Wildman–Crippen MR) is 84.8 cm³/mol. The minimum Gasteiger partial charge on any atom is -0.480 e. The number of carboxylic acids is 1. The van der Waals surface area contributed by atoms with E-state index in [9.17, 15) is 9.59 Å². The van der Waals surface area contributed by atoms with Crippen molar-refractivity contribution in [2.24, 2.45) is 0 Å². The highest BCUT2D eigenvalue weighted by Gasteiger charge is 2.35. The number of carbonyl (C=O) groups is 2. The fourth-order valence-corrected chi connectivity index (χ4v) is 4.26. The van der Waals surface area contributed by atoms with Crippen LogP contribution in [0.25, 0.3) is 9.88 Å². The van der Waals surface area contributed by atoms with Gasteiger partial charge in [0.2, 0.25) is 0 Å². The molecule has 1 aliphatic rings. The Hall–Kier alpha value is -1.25. The molecule has 1 N–H and O–H groups in total. The maximum atomic E-state index is 12.4. The lowest BCUT2D eigenvalue weighted by atomic mass is 10.3. The van der Waals surface area contributed by atoms with Crippen LogP contribution in [-0.2, 0) is 4.79 Å². The minimum atomic E-state index is -0.993. The van der Waals surface area contributed by atoms with Crippen molar-refractivity contribution in [2.45, 2.75) is 18.9 Å². The SMILES string of the molecule is O=C(O)CN(C(=O)c1csc(-c2cc(Br)cs2)n1)C1CC1. The Morgan fingerprint density at radius 3 is 2.71 bits per heavy atom. The van der Waals surface area contributed by atoms with Gasteiger partial charge in [-0.3, -0.25) is 9.59 Å². The summed E-state index contributed by atoms with van der Waals surface area (Å²) in [4.78, 5) is 30.1. The number of thiophene rings is 1. The monoisotopic (exact) mass is 386 g/mol. The maximum Gasteiger partial charge on any atom is 0.323 e. The molecule has 2 aromatic rings. The van der Waals surface area contributed by atoms with E-state index in [4.69, 9.17) is 5.11 Å². The summed E-state index contributed by atoms with van der Waals surface area (Å²) in [6.45, 7) is -0.263. The third-order valence-corrected chi connectivity index (χ3v) is 5.76. The fourth-order valence-electron chi connectivity index (χ4n) is 1.96. The first-order chi connectivity index (χ1) is 10.0. The van der Waals surface area contributed by atoms with Gasteiger partial charge in [-0.2, -0.15) is 0 Å². The van der Waals surface area contributed by atoms with Crippen LogP contribution in [0.4, 0.5) is 0 Å². The zero-order valence-corrected chi connectivity index (χ0v) is 14.0. The number of carboxylic acid groups (broad SMARTS) is 1. The van der Waals surface area contributed by atoms with Crippen LogP contribution in [0.2, 0.25) is 0 Å². The molecule has 1 fully saturated rings. The zero-order valence-electron chi connectivity index (χ0n) is 10.8. The summed E-state index contributed by atoms with van der Waals surface area (Å²) in [6.07, 6.45) is 1.74. The molecule has 0 bridgehead atoms. The molecule has 2 aromatic heterocycles. The molecule has 0 aliphatic heterocycles. The van der Waals surface area contributed by atoms with Gasteiger partial charge >= 0.3 is 5.97 Å². The summed E-state index contributed by atoms with van der Waals surface area (Å²) in [7, 11) is 0. The van der Waals surface area contributed by atoms with Gasteiger partial charge in [0.05, 0.1) is 4.88 Å². The van der Waals surface area contributed by atoms with Crippen molar-refractivity contribution in [3.05, 3.63) is 27.0 Å². The van der Waals surface area contributed by atoms with E-state index in [1.54, 1.807) is 16.7 Å². The normalized spacial score (nSPS) is 14.1. The summed E-state index contributed by atoms with van der Waals surface area (Å²) in [5.41, 5.74) is 0.327. The second-order valence-electron chi connectivity index (χ2n) is 4.73. The van der Waals surface area contributed by atoms with Crippen LogP contribution >= 0.6 is 38.6 Å². The summed E-state index contributed by atoms with van der Waals surface area (Å²) in [5.74, 6) is -1.29. The molecule has 0 saturated heterocycles. The van der Waals surface area contributed by atoms with E-state index in [-0.39, 0.29) is 18.5 Å². The summed E-state index contributed by atoms with van der Waals surface area (Å²) >= 11 is 6.33. The molecule has 21 heavy (non-hydrogen) atoms. The number of nitrogens with zero attached hydrogens (tertiary/aromatic N) is 2. The highest BCUT2D eigenvalue weighted by atomic mass is 79.9. The molecular formula is C13H11BrN2O3S2. The van der Waals surface area contributed by atoms with Crippen LogP contribution in [0.5, 0.6) is 0 Å². The summed E-state index contributed by atoms with van der Waals surface area (Å²) < 4.78 is 0.982. The highest BCUT2D eigenvalue weighted by molar-refractivity contribution is 9.10. The van der Waals surface area contributed by atoms with Crippen molar-refractivity contribution in [3.8, 4) is 9.88 Å². The average Bonchev–Trinajstić information content (AvgIpc) is 2.98. The van der Waals surface area contributed by atoms with Crippen LogP contribution in [0.3, 0.4) is 0 Å². The number of aromatic nitrogens is 1. The number of amides is 1. The van der Waals surface area contributed by atoms with Gasteiger partial charge in [0.25, 0.3) is 5.91 Å². The standard InChI is InChI=1S/C13H11BrN2O3S2/c14-7-3-10(20-5-7)12-15-9(6-21-12)13(19)16(4-11(17)18)8-1-2-8/h3,5-6,8H,1-2,4H2,(H,17,18). The van der Waals surface area contributed by atoms with E-state index in [1.165, 1.54) is 16.2 Å². The second kappa shape index (κ2) is 5.86. The smallest absolute Gasteiger partial charge is 0.323 e. The van der Waals surface area contributed by atoms with Crippen molar-refractivity contribution in [1.82, 2.24) is 9.88 Å². The molecule has 0 spiro atoms. The van der Waals surface area contributed by atoms with Crippen LogP contribution in [0.1, 0.15) is 23.3 Å². The van der Waals surface area contributed by atoms with Crippen molar-refractivity contribution in [2.75, 3.05) is 6.54 Å². The number of carbonyl (C=O) groups excluding carboxylic acids is 1. The first kappa shape index (κ1) is 14.7. The molecule has 0 aromatic carbocycles. The second-order valence-corrected chi connectivity index (χ2v) is 7.41. The average molecular weight is 387 g/mol. The molecular weight excluding hydrogens is 376 g/mol. The van der Waals surface area contributed by atoms with Crippen molar-refractivity contribution in [3.63, 3.8) is 0 Å². The molecule has 1 aliphatic carbocycles. The molecule has 1 saturated carbocycles. The molecule has 0 radical (unpaired) electrons. The number of thiazole rings is 1. The van der Waals surface area contributed by atoms with Gasteiger partial charge in [-0.1, -0.05) is 0 Å². The number of hydrogen-bond acceptors (Lipinski definition) is 5. The van der Waals surface area contributed by atoms with Gasteiger partial charge in [-0.15, -0.1) is 22.7 Å². The largest absolute Gasteiger partial charge is 0.480 e. The minimum absolute atomic E-state index is 0.0506. The van der Waals surface area contributed by atoms with Crippen LogP contribution in [0.15, 0.2) is 21.3 Å². The highest BCUT2D eigenvalue weighted by Crippen LogP contribution is 2.33. The predicted octanol–water partition coefficient (Wildman–Crippen LogP) is 3.32. The lowest BCUT2D eigenvalue weighted by molar-refractivity contribution is -0.137. The Morgan fingerprint density at radius 1 is 1.38 bits per heavy atom. The number of rotatable bonds is 5. The van der Waals surface area contributed by atoms with Crippen molar-refractivity contribution >= 4 is 50.5 Å². The molecule has 0 atom stereocenters. The lowest BCUT2D eigenvalue weighted by Crippen LogP contribution is -2.37. The summed E-state index contributed by atoms with van der Waals surface area (Å²) in [5, 5.41) is 13.4. The van der Waals surface area contributed by atoms with Crippen LogP contribution in [-0.4, -0.2) is 39.5 Å². The molecule has 5 nitrogen and oxygen atoms in total. The zero-order chi connectivity index (χ0) is 15.0. The molecule has 110 valence electrons. The molecule has 0 unspecified atom stereocenters. The third-order valence-electron chi connectivity index (χ3n) is 3.06. The van der Waals surface area contributed by atoms with E-state index in [1.807, 2.05) is 11.4 Å². The van der Waals surface area contributed by atoms with E-state index in [0.717, 1.165) is 27.2 Å².